The number of hydrogen-bond donors (Lipinski definition) is 4. The average molecular weight is 182 g/mol. The topological polar surface area (TPSA) is 122 Å². The van der Waals surface area contributed by atoms with Crippen LogP contribution in [0.2, 0.25) is 0 Å². The molecule has 5 atom stereocenters. The third kappa shape index (κ3) is 1.92. The van der Waals surface area contributed by atoms with Crippen LogP contribution in [0.3, 0.4) is 0 Å². The smallest absolute Gasteiger partial charge is 0.183 e. The number of aliphatic hydroxyl groups is 4. The van der Waals surface area contributed by atoms with Crippen LogP contribution in [0.1, 0.15) is 6.92 Å². The molecule has 12 heavy (non-hydrogen) atoms. The van der Waals surface area contributed by atoms with Crippen LogP contribution < -0.4 is 0 Å². The minimum Gasteiger partial charge on any atom is -0.412 e. The van der Waals surface area contributed by atoms with Crippen molar-refractivity contribution in [3.8, 4) is 0 Å². The standard InChI is InChI=1S/C6H12O5.H2O/c1-2-3(7)4(8)5(9)6(10)11-2;/h2-10H,1H3;1H2/t2-,3-,4+,5+,6+;/m0./s1. The van der Waals surface area contributed by atoms with E-state index in [9.17, 15) is 0 Å². The van der Waals surface area contributed by atoms with E-state index in [1.807, 2.05) is 0 Å². The van der Waals surface area contributed by atoms with Gasteiger partial charge in [-0.25, -0.2) is 0 Å². The van der Waals surface area contributed by atoms with Crippen molar-refractivity contribution >= 4 is 0 Å². The average Bonchev–Trinajstić information content (AvgIpc) is 1.97. The van der Waals surface area contributed by atoms with Gasteiger partial charge >= 0.3 is 0 Å². The van der Waals surface area contributed by atoms with E-state index in [1.54, 1.807) is 0 Å². The number of aliphatic hydroxyl groups excluding tert-OH is 4. The Morgan fingerprint density at radius 1 is 0.917 bits per heavy atom. The lowest BCUT2D eigenvalue weighted by Gasteiger charge is -2.36. The van der Waals surface area contributed by atoms with Crippen molar-refractivity contribution in [3.05, 3.63) is 0 Å². The van der Waals surface area contributed by atoms with Gasteiger partial charge in [-0.2, -0.15) is 0 Å². The highest BCUT2D eigenvalue weighted by molar-refractivity contribution is 4.86. The van der Waals surface area contributed by atoms with Gasteiger partial charge in [-0.15, -0.1) is 0 Å². The van der Waals surface area contributed by atoms with E-state index in [0.717, 1.165) is 0 Å². The molecule has 1 aliphatic rings. The van der Waals surface area contributed by atoms with Crippen LogP contribution in [-0.2, 0) is 4.74 Å². The molecule has 0 aliphatic carbocycles. The van der Waals surface area contributed by atoms with Gasteiger partial charge < -0.3 is 30.6 Å². The zero-order chi connectivity index (χ0) is 8.59. The van der Waals surface area contributed by atoms with Gasteiger partial charge in [-0.3, -0.25) is 0 Å². The largest absolute Gasteiger partial charge is 0.412 e. The van der Waals surface area contributed by atoms with E-state index < -0.39 is 30.7 Å². The maximum Gasteiger partial charge on any atom is 0.183 e. The molecule has 1 aliphatic heterocycles. The van der Waals surface area contributed by atoms with E-state index in [1.165, 1.54) is 6.92 Å². The Labute approximate surface area is 69.3 Å². The molecule has 1 saturated heterocycles. The molecule has 0 spiro atoms. The normalized spacial score (nSPS) is 48.2. The Morgan fingerprint density at radius 3 is 1.92 bits per heavy atom. The maximum atomic E-state index is 9.09. The van der Waals surface area contributed by atoms with Crippen molar-refractivity contribution in [2.45, 2.75) is 37.6 Å². The summed E-state index contributed by atoms with van der Waals surface area (Å²) < 4.78 is 4.68. The van der Waals surface area contributed by atoms with Crippen LogP contribution in [0, 0.1) is 0 Å². The molecule has 6 N–H and O–H groups in total. The van der Waals surface area contributed by atoms with Gasteiger partial charge in [0.25, 0.3) is 0 Å². The highest BCUT2D eigenvalue weighted by Gasteiger charge is 2.40. The second kappa shape index (κ2) is 4.13. The van der Waals surface area contributed by atoms with Crippen LogP contribution in [-0.4, -0.2) is 56.6 Å². The summed E-state index contributed by atoms with van der Waals surface area (Å²) in [6.07, 6.45) is -5.99. The Morgan fingerprint density at radius 2 is 1.42 bits per heavy atom. The monoisotopic (exact) mass is 182 g/mol. The summed E-state index contributed by atoms with van der Waals surface area (Å²) in [6.45, 7) is 1.50. The fourth-order valence-electron chi connectivity index (χ4n) is 1.03. The first-order valence-electron chi connectivity index (χ1n) is 3.41. The number of ether oxygens (including phenoxy) is 1. The van der Waals surface area contributed by atoms with E-state index in [-0.39, 0.29) is 5.48 Å². The Balaban J connectivity index is 0.00000121. The lowest BCUT2D eigenvalue weighted by Crippen LogP contribution is -2.56. The SMILES string of the molecule is C[C@@H]1O[C@@H](O)[C@H](O)[C@H](O)[C@H]1O.O. The van der Waals surface area contributed by atoms with E-state index in [4.69, 9.17) is 20.4 Å². The Hall–Kier alpha value is -0.240. The lowest BCUT2D eigenvalue weighted by molar-refractivity contribution is -0.277. The fourth-order valence-corrected chi connectivity index (χ4v) is 1.03. The third-order valence-electron chi connectivity index (χ3n) is 1.83. The van der Waals surface area contributed by atoms with Gasteiger partial charge in [0.15, 0.2) is 6.29 Å². The van der Waals surface area contributed by atoms with Crippen LogP contribution in [0.25, 0.3) is 0 Å². The summed E-state index contributed by atoms with van der Waals surface area (Å²) in [7, 11) is 0. The van der Waals surface area contributed by atoms with Crippen LogP contribution >= 0.6 is 0 Å². The summed E-state index contributed by atoms with van der Waals surface area (Å²) in [5.41, 5.74) is 0. The summed E-state index contributed by atoms with van der Waals surface area (Å²) >= 11 is 0. The molecule has 1 rings (SSSR count). The quantitative estimate of drug-likeness (QED) is 0.317. The molecule has 1 fully saturated rings. The van der Waals surface area contributed by atoms with Crippen molar-refractivity contribution in [3.63, 3.8) is 0 Å². The molecule has 0 amide bonds. The highest BCUT2D eigenvalue weighted by Crippen LogP contribution is 2.18. The van der Waals surface area contributed by atoms with Crippen LogP contribution in [0.4, 0.5) is 0 Å². The molecular weight excluding hydrogens is 168 g/mol. The second-order valence-corrected chi connectivity index (χ2v) is 2.70. The molecule has 0 aromatic carbocycles. The van der Waals surface area contributed by atoms with Gasteiger partial charge in [0.05, 0.1) is 6.10 Å². The van der Waals surface area contributed by atoms with Crippen molar-refractivity contribution in [1.29, 1.82) is 0 Å². The molecule has 74 valence electrons. The molecule has 0 radical (unpaired) electrons. The molecule has 0 saturated carbocycles. The van der Waals surface area contributed by atoms with Gasteiger partial charge in [-0.05, 0) is 6.92 Å². The molecular formula is C6H14O6. The molecule has 6 heteroatoms. The predicted molar refractivity (Wildman–Crippen MR) is 38.2 cm³/mol. The molecule has 0 aromatic rings. The van der Waals surface area contributed by atoms with Gasteiger partial charge in [-0.1, -0.05) is 0 Å². The highest BCUT2D eigenvalue weighted by atomic mass is 16.6. The van der Waals surface area contributed by atoms with Crippen molar-refractivity contribution in [1.82, 2.24) is 0 Å². The zero-order valence-corrected chi connectivity index (χ0v) is 6.58. The summed E-state index contributed by atoms with van der Waals surface area (Å²) in [6, 6.07) is 0. The van der Waals surface area contributed by atoms with E-state index in [2.05, 4.69) is 4.74 Å². The third-order valence-corrected chi connectivity index (χ3v) is 1.83. The molecule has 0 unspecified atom stereocenters. The minimum absolute atomic E-state index is 0. The Bertz CT molecular complexity index is 126. The zero-order valence-electron chi connectivity index (χ0n) is 6.58. The minimum atomic E-state index is -1.43. The molecule has 0 bridgehead atoms. The molecule has 6 nitrogen and oxygen atoms in total. The molecule has 1 heterocycles. The first-order valence-corrected chi connectivity index (χ1v) is 3.41. The van der Waals surface area contributed by atoms with E-state index in [0.29, 0.717) is 0 Å². The van der Waals surface area contributed by atoms with Gasteiger partial charge in [0.1, 0.15) is 18.3 Å². The maximum absolute atomic E-state index is 9.09. The lowest BCUT2D eigenvalue weighted by atomic mass is 10.0. The summed E-state index contributed by atoms with van der Waals surface area (Å²) in [5, 5.41) is 36.0. The predicted octanol–water partition coefficient (Wildman–Crippen LogP) is -3.02. The number of rotatable bonds is 0. The van der Waals surface area contributed by atoms with Crippen molar-refractivity contribution in [2.24, 2.45) is 0 Å². The summed E-state index contributed by atoms with van der Waals surface area (Å²) in [4.78, 5) is 0. The van der Waals surface area contributed by atoms with Gasteiger partial charge in [0, 0.05) is 0 Å². The van der Waals surface area contributed by atoms with Crippen molar-refractivity contribution < 1.29 is 30.6 Å². The van der Waals surface area contributed by atoms with Crippen molar-refractivity contribution in [2.75, 3.05) is 0 Å². The fraction of sp³-hybridized carbons (Fsp3) is 1.00. The van der Waals surface area contributed by atoms with Gasteiger partial charge in [0.2, 0.25) is 0 Å². The van der Waals surface area contributed by atoms with Crippen LogP contribution in [0.5, 0.6) is 0 Å². The number of hydrogen-bond acceptors (Lipinski definition) is 5. The Kier molecular flexibility index (Phi) is 4.04. The first-order chi connectivity index (χ1) is 5.04. The second-order valence-electron chi connectivity index (χ2n) is 2.70. The van der Waals surface area contributed by atoms with E-state index >= 15 is 0 Å². The first kappa shape index (κ1) is 11.8. The molecule has 0 aromatic heterocycles. The van der Waals surface area contributed by atoms with Crippen LogP contribution in [0.15, 0.2) is 0 Å². The summed E-state index contributed by atoms with van der Waals surface area (Å²) in [5.74, 6) is 0.